The SMILES string of the molecule is O=S1(=O)CCN(CCO)c2ccccc21. The van der Waals surface area contributed by atoms with Crippen LogP contribution in [0, 0.1) is 0 Å². The van der Waals surface area contributed by atoms with Gasteiger partial charge >= 0.3 is 0 Å². The van der Waals surface area contributed by atoms with Gasteiger partial charge in [-0.3, -0.25) is 0 Å². The van der Waals surface area contributed by atoms with E-state index in [1.54, 1.807) is 18.2 Å². The zero-order valence-corrected chi connectivity index (χ0v) is 9.07. The van der Waals surface area contributed by atoms with Gasteiger partial charge in [-0.2, -0.15) is 0 Å². The van der Waals surface area contributed by atoms with Crippen LogP contribution in [0.3, 0.4) is 0 Å². The number of anilines is 1. The van der Waals surface area contributed by atoms with Crippen LogP contribution in [0.4, 0.5) is 5.69 Å². The van der Waals surface area contributed by atoms with Crippen molar-refractivity contribution < 1.29 is 13.5 Å². The van der Waals surface area contributed by atoms with Gasteiger partial charge < -0.3 is 10.0 Å². The second-order valence-electron chi connectivity index (χ2n) is 3.50. The topological polar surface area (TPSA) is 57.6 Å². The smallest absolute Gasteiger partial charge is 0.182 e. The van der Waals surface area contributed by atoms with Crippen LogP contribution in [0.2, 0.25) is 0 Å². The Kier molecular flexibility index (Phi) is 2.67. The molecule has 2 rings (SSSR count). The van der Waals surface area contributed by atoms with Crippen molar-refractivity contribution in [1.82, 2.24) is 0 Å². The second-order valence-corrected chi connectivity index (χ2v) is 5.57. The number of nitrogens with zero attached hydrogens (tertiary/aromatic N) is 1. The molecule has 0 aliphatic carbocycles. The number of sulfone groups is 1. The first kappa shape index (κ1) is 10.4. The Labute approximate surface area is 89.1 Å². The summed E-state index contributed by atoms with van der Waals surface area (Å²) in [5.74, 6) is 0.129. The van der Waals surface area contributed by atoms with Crippen molar-refractivity contribution in [2.75, 3.05) is 30.3 Å². The van der Waals surface area contributed by atoms with E-state index in [1.807, 2.05) is 11.0 Å². The number of benzene rings is 1. The molecule has 0 bridgehead atoms. The van der Waals surface area contributed by atoms with Gasteiger partial charge in [-0.1, -0.05) is 12.1 Å². The number of aliphatic hydroxyl groups is 1. The maximum atomic E-state index is 11.7. The summed E-state index contributed by atoms with van der Waals surface area (Å²) in [6.45, 7) is 0.973. The normalized spacial score (nSPS) is 18.6. The van der Waals surface area contributed by atoms with Crippen molar-refractivity contribution in [1.29, 1.82) is 0 Å². The van der Waals surface area contributed by atoms with Crippen LogP contribution in [0.5, 0.6) is 0 Å². The zero-order valence-electron chi connectivity index (χ0n) is 8.26. The average molecular weight is 227 g/mol. The summed E-state index contributed by atoms with van der Waals surface area (Å²) in [6, 6.07) is 6.93. The Morgan fingerprint density at radius 3 is 2.80 bits per heavy atom. The molecule has 1 N–H and O–H groups in total. The Bertz CT molecular complexity index is 455. The molecule has 1 aromatic carbocycles. The molecule has 0 amide bonds. The maximum absolute atomic E-state index is 11.7. The van der Waals surface area contributed by atoms with E-state index in [-0.39, 0.29) is 12.4 Å². The summed E-state index contributed by atoms with van der Waals surface area (Å²) in [6.07, 6.45) is 0. The first-order chi connectivity index (χ1) is 7.15. The molecule has 1 aromatic rings. The fourth-order valence-electron chi connectivity index (χ4n) is 1.80. The molecular weight excluding hydrogens is 214 g/mol. The number of hydrogen-bond donors (Lipinski definition) is 1. The van der Waals surface area contributed by atoms with E-state index >= 15 is 0 Å². The number of para-hydroxylation sites is 1. The van der Waals surface area contributed by atoms with Gasteiger partial charge in [0.05, 0.1) is 22.9 Å². The molecule has 0 unspecified atom stereocenters. The monoisotopic (exact) mass is 227 g/mol. The van der Waals surface area contributed by atoms with Crippen LogP contribution in [-0.4, -0.2) is 39.0 Å². The van der Waals surface area contributed by atoms with Crippen LogP contribution in [-0.2, 0) is 9.84 Å². The molecule has 0 saturated carbocycles. The molecule has 1 aliphatic heterocycles. The average Bonchev–Trinajstić information content (AvgIpc) is 2.23. The Hall–Kier alpha value is -1.07. The first-order valence-corrected chi connectivity index (χ1v) is 6.48. The van der Waals surface area contributed by atoms with Gasteiger partial charge in [0.2, 0.25) is 0 Å². The zero-order chi connectivity index (χ0) is 10.9. The highest BCUT2D eigenvalue weighted by Gasteiger charge is 2.27. The van der Waals surface area contributed by atoms with Gasteiger partial charge in [0.25, 0.3) is 0 Å². The van der Waals surface area contributed by atoms with Crippen molar-refractivity contribution in [2.45, 2.75) is 4.90 Å². The number of hydrogen-bond acceptors (Lipinski definition) is 4. The third-order valence-electron chi connectivity index (χ3n) is 2.54. The lowest BCUT2D eigenvalue weighted by atomic mass is 10.3. The van der Waals surface area contributed by atoms with Gasteiger partial charge in [0.1, 0.15) is 0 Å². The standard InChI is InChI=1S/C10H13NO3S/c12-7-5-11-6-8-15(13,14)10-4-2-1-3-9(10)11/h1-4,12H,5-8H2. The van der Waals surface area contributed by atoms with E-state index < -0.39 is 9.84 Å². The lowest BCUT2D eigenvalue weighted by Gasteiger charge is -2.30. The lowest BCUT2D eigenvalue weighted by Crippen LogP contribution is -2.37. The van der Waals surface area contributed by atoms with E-state index in [4.69, 9.17) is 5.11 Å². The second kappa shape index (κ2) is 3.83. The summed E-state index contributed by atoms with van der Waals surface area (Å²) in [5, 5.41) is 8.88. The first-order valence-electron chi connectivity index (χ1n) is 4.83. The molecule has 0 saturated heterocycles. The predicted octanol–water partition coefficient (Wildman–Crippen LogP) is 0.273. The molecule has 1 aliphatic rings. The van der Waals surface area contributed by atoms with Gasteiger partial charge in [-0.25, -0.2) is 8.42 Å². The molecule has 0 atom stereocenters. The molecule has 0 spiro atoms. The number of fused-ring (bicyclic) bond motifs is 1. The fourth-order valence-corrected chi connectivity index (χ4v) is 3.28. The largest absolute Gasteiger partial charge is 0.395 e. The highest BCUT2D eigenvalue weighted by molar-refractivity contribution is 7.91. The quantitative estimate of drug-likeness (QED) is 0.788. The maximum Gasteiger partial charge on any atom is 0.182 e. The van der Waals surface area contributed by atoms with E-state index in [0.717, 1.165) is 0 Å². The van der Waals surface area contributed by atoms with Gasteiger partial charge in [-0.15, -0.1) is 0 Å². The molecule has 0 radical (unpaired) electrons. The summed E-state index contributed by atoms with van der Waals surface area (Å²) >= 11 is 0. The van der Waals surface area contributed by atoms with E-state index in [9.17, 15) is 8.42 Å². The van der Waals surface area contributed by atoms with Crippen LogP contribution in [0.15, 0.2) is 29.2 Å². The van der Waals surface area contributed by atoms with Crippen molar-refractivity contribution in [3.05, 3.63) is 24.3 Å². The van der Waals surface area contributed by atoms with E-state index in [2.05, 4.69) is 0 Å². The highest BCUT2D eigenvalue weighted by atomic mass is 32.2. The molecule has 4 nitrogen and oxygen atoms in total. The summed E-state index contributed by atoms with van der Waals surface area (Å²) < 4.78 is 23.5. The molecule has 5 heteroatoms. The van der Waals surface area contributed by atoms with Gasteiger partial charge in [-0.05, 0) is 12.1 Å². The van der Waals surface area contributed by atoms with Crippen molar-refractivity contribution in [3.8, 4) is 0 Å². The molecule has 82 valence electrons. The van der Waals surface area contributed by atoms with Crippen LogP contribution in [0.1, 0.15) is 0 Å². The van der Waals surface area contributed by atoms with E-state index in [1.165, 1.54) is 0 Å². The minimum atomic E-state index is -3.12. The number of aliphatic hydroxyl groups excluding tert-OH is 1. The van der Waals surface area contributed by atoms with Gasteiger partial charge in [0.15, 0.2) is 9.84 Å². The number of rotatable bonds is 2. The minimum Gasteiger partial charge on any atom is -0.395 e. The Balaban J connectivity index is 2.49. The minimum absolute atomic E-state index is 0.0361. The summed E-state index contributed by atoms with van der Waals surface area (Å²) in [5.41, 5.74) is 0.706. The van der Waals surface area contributed by atoms with Gasteiger partial charge in [0, 0.05) is 13.1 Å². The fraction of sp³-hybridized carbons (Fsp3) is 0.400. The number of β-amino-alcohol motifs (C(OH)–C–C–N with tert-alkyl or cyclic N) is 1. The molecule has 0 aromatic heterocycles. The predicted molar refractivity (Wildman–Crippen MR) is 57.8 cm³/mol. The molecule has 0 fully saturated rings. The molecule has 15 heavy (non-hydrogen) atoms. The third-order valence-corrected chi connectivity index (χ3v) is 4.28. The lowest BCUT2D eigenvalue weighted by molar-refractivity contribution is 0.302. The highest BCUT2D eigenvalue weighted by Crippen LogP contribution is 2.29. The Morgan fingerprint density at radius 2 is 2.07 bits per heavy atom. The van der Waals surface area contributed by atoms with Crippen LogP contribution in [0.25, 0.3) is 0 Å². The summed E-state index contributed by atoms with van der Waals surface area (Å²) in [7, 11) is -3.12. The van der Waals surface area contributed by atoms with Crippen LogP contribution >= 0.6 is 0 Å². The van der Waals surface area contributed by atoms with Crippen LogP contribution < -0.4 is 4.90 Å². The summed E-state index contributed by atoms with van der Waals surface area (Å²) in [4.78, 5) is 2.28. The molecule has 1 heterocycles. The molecular formula is C10H13NO3S. The van der Waals surface area contributed by atoms with Crippen molar-refractivity contribution in [2.24, 2.45) is 0 Å². The van der Waals surface area contributed by atoms with E-state index in [0.29, 0.717) is 23.7 Å². The Morgan fingerprint density at radius 1 is 1.33 bits per heavy atom. The van der Waals surface area contributed by atoms with Crippen molar-refractivity contribution in [3.63, 3.8) is 0 Å². The van der Waals surface area contributed by atoms with Crippen molar-refractivity contribution >= 4 is 15.5 Å². The third kappa shape index (κ3) is 1.85.